The van der Waals surface area contributed by atoms with Crippen LogP contribution in [0.2, 0.25) is 0 Å². The average molecular weight is 367 g/mol. The first-order chi connectivity index (χ1) is 13.0. The van der Waals surface area contributed by atoms with Crippen LogP contribution in [0.15, 0.2) is 59.4 Å². The minimum absolute atomic E-state index is 0.372. The summed E-state index contributed by atoms with van der Waals surface area (Å²) in [6.45, 7) is 1.07. The highest BCUT2D eigenvalue weighted by Gasteiger charge is 2.18. The third-order valence-electron chi connectivity index (χ3n) is 3.69. The molecule has 2 N–H and O–H groups in total. The Kier molecular flexibility index (Phi) is 5.41. The number of para-hydroxylation sites is 1. The quantitative estimate of drug-likeness (QED) is 0.661. The first-order valence-electron chi connectivity index (χ1n) is 8.16. The maximum absolute atomic E-state index is 12.3. The van der Waals surface area contributed by atoms with Gasteiger partial charge in [0.25, 0.3) is 5.56 Å². The number of rotatable bonds is 5. The van der Waals surface area contributed by atoms with E-state index in [1.807, 2.05) is 6.07 Å². The molecular formula is C18H17N5O4. The van der Waals surface area contributed by atoms with Crippen molar-refractivity contribution in [2.45, 2.75) is 19.7 Å². The molecule has 27 heavy (non-hydrogen) atoms. The fraction of sp³-hybridized carbons (Fsp3) is 0.167. The van der Waals surface area contributed by atoms with Gasteiger partial charge in [-0.1, -0.05) is 35.5 Å². The van der Waals surface area contributed by atoms with Gasteiger partial charge in [0.1, 0.15) is 11.6 Å². The normalized spacial score (nSPS) is 11.6. The number of aromatic nitrogens is 3. The molecule has 0 fully saturated rings. The Morgan fingerprint density at radius 3 is 2.59 bits per heavy atom. The maximum Gasteiger partial charge on any atom is 0.330 e. The lowest BCUT2D eigenvalue weighted by molar-refractivity contribution is -0.149. The van der Waals surface area contributed by atoms with Crippen molar-refractivity contribution < 1.29 is 14.3 Å². The molecule has 0 aliphatic carbocycles. The van der Waals surface area contributed by atoms with Crippen molar-refractivity contribution in [2.24, 2.45) is 0 Å². The molecule has 0 spiro atoms. The number of ether oxygens (including phenoxy) is 1. The molecule has 0 saturated carbocycles. The van der Waals surface area contributed by atoms with Gasteiger partial charge in [-0.15, -0.1) is 5.10 Å². The summed E-state index contributed by atoms with van der Waals surface area (Å²) in [5, 5.41) is 13.1. The van der Waals surface area contributed by atoms with Crippen molar-refractivity contribution in [1.82, 2.24) is 20.3 Å². The number of amides is 2. The van der Waals surface area contributed by atoms with Gasteiger partial charge in [-0.05, 0) is 31.2 Å². The molecule has 1 aromatic heterocycles. The van der Waals surface area contributed by atoms with E-state index in [1.165, 1.54) is 6.92 Å². The van der Waals surface area contributed by atoms with Gasteiger partial charge in [-0.2, -0.15) is 4.68 Å². The van der Waals surface area contributed by atoms with E-state index in [9.17, 15) is 14.4 Å². The zero-order valence-corrected chi connectivity index (χ0v) is 14.5. The molecule has 0 saturated heterocycles. The molecule has 3 aromatic rings. The second-order valence-corrected chi connectivity index (χ2v) is 5.69. The number of fused-ring (bicyclic) bond motifs is 1. The van der Waals surface area contributed by atoms with Gasteiger partial charge in [0.15, 0.2) is 6.73 Å². The molecule has 0 aliphatic heterocycles. The van der Waals surface area contributed by atoms with E-state index >= 15 is 0 Å². The van der Waals surface area contributed by atoms with E-state index in [0.717, 1.165) is 4.68 Å². The van der Waals surface area contributed by atoms with Crippen LogP contribution in [0.3, 0.4) is 0 Å². The number of nitrogens with one attached hydrogen (secondary N) is 2. The fourth-order valence-corrected chi connectivity index (χ4v) is 2.30. The Morgan fingerprint density at radius 1 is 1.11 bits per heavy atom. The van der Waals surface area contributed by atoms with E-state index < -0.39 is 30.3 Å². The predicted molar refractivity (Wildman–Crippen MR) is 97.9 cm³/mol. The molecule has 1 atom stereocenters. The number of benzene rings is 2. The number of hydrogen-bond donors (Lipinski definition) is 2. The number of anilines is 1. The third kappa shape index (κ3) is 4.46. The van der Waals surface area contributed by atoms with Crippen molar-refractivity contribution >= 4 is 28.6 Å². The fourth-order valence-electron chi connectivity index (χ4n) is 2.30. The Labute approximate surface area is 153 Å². The number of hydrogen-bond acceptors (Lipinski definition) is 6. The van der Waals surface area contributed by atoms with Crippen LogP contribution >= 0.6 is 0 Å². The van der Waals surface area contributed by atoms with Crippen LogP contribution in [0.1, 0.15) is 6.92 Å². The van der Waals surface area contributed by atoms with E-state index in [0.29, 0.717) is 16.6 Å². The molecule has 9 nitrogen and oxygen atoms in total. The summed E-state index contributed by atoms with van der Waals surface area (Å²) in [4.78, 5) is 36.2. The molecule has 3 rings (SSSR count). The second-order valence-electron chi connectivity index (χ2n) is 5.69. The van der Waals surface area contributed by atoms with Gasteiger partial charge in [-0.3, -0.25) is 4.79 Å². The highest BCUT2D eigenvalue weighted by Crippen LogP contribution is 2.05. The van der Waals surface area contributed by atoms with Gasteiger partial charge >= 0.3 is 12.0 Å². The highest BCUT2D eigenvalue weighted by atomic mass is 16.5. The number of carbonyl (C=O) groups is 2. The summed E-state index contributed by atoms with van der Waals surface area (Å²) in [5.41, 5.74) is 0.627. The Bertz CT molecular complexity index is 1020. The number of esters is 1. The van der Waals surface area contributed by atoms with E-state index in [2.05, 4.69) is 20.9 Å². The SMILES string of the molecule is C[C@H](NC(=O)Nc1ccccc1)C(=O)OCn1nnc2ccccc2c1=O. The van der Waals surface area contributed by atoms with Crippen molar-refractivity contribution in [3.8, 4) is 0 Å². The molecule has 2 amide bonds. The lowest BCUT2D eigenvalue weighted by atomic mass is 10.2. The van der Waals surface area contributed by atoms with Gasteiger partial charge < -0.3 is 15.4 Å². The summed E-state index contributed by atoms with van der Waals surface area (Å²) in [5.74, 6) is -0.708. The van der Waals surface area contributed by atoms with Crippen LogP contribution < -0.4 is 16.2 Å². The lowest BCUT2D eigenvalue weighted by Gasteiger charge is -2.14. The highest BCUT2D eigenvalue weighted by molar-refractivity contribution is 5.92. The van der Waals surface area contributed by atoms with Crippen LogP contribution in [0.5, 0.6) is 0 Å². The predicted octanol–water partition coefficient (Wildman–Crippen LogP) is 1.50. The monoisotopic (exact) mass is 367 g/mol. The average Bonchev–Trinajstić information content (AvgIpc) is 2.68. The topological polar surface area (TPSA) is 115 Å². The van der Waals surface area contributed by atoms with Crippen LogP contribution in [-0.4, -0.2) is 33.0 Å². The third-order valence-corrected chi connectivity index (χ3v) is 3.69. The summed E-state index contributed by atoms with van der Waals surface area (Å²) >= 11 is 0. The smallest absolute Gasteiger partial charge is 0.330 e. The van der Waals surface area contributed by atoms with Gasteiger partial charge in [0.05, 0.1) is 5.39 Å². The molecule has 2 aromatic carbocycles. The van der Waals surface area contributed by atoms with E-state index in [1.54, 1.807) is 48.5 Å². The van der Waals surface area contributed by atoms with Crippen molar-refractivity contribution in [1.29, 1.82) is 0 Å². The number of urea groups is 1. The Balaban J connectivity index is 1.56. The Hall–Kier alpha value is -3.75. The van der Waals surface area contributed by atoms with Crippen LogP contribution in [0.4, 0.5) is 10.5 Å². The zero-order chi connectivity index (χ0) is 19.2. The first-order valence-corrected chi connectivity index (χ1v) is 8.16. The standard InChI is InChI=1S/C18H17N5O4/c1-12(19-18(26)20-13-7-3-2-4-8-13)17(25)27-11-23-16(24)14-9-5-6-10-15(14)21-22-23/h2-10,12H,11H2,1H3,(H2,19,20,26)/t12-/m0/s1. The van der Waals surface area contributed by atoms with E-state index in [-0.39, 0.29) is 0 Å². The summed E-state index contributed by atoms with van der Waals surface area (Å²) in [7, 11) is 0. The Morgan fingerprint density at radius 2 is 1.81 bits per heavy atom. The van der Waals surface area contributed by atoms with Crippen LogP contribution in [0, 0.1) is 0 Å². The summed E-state index contributed by atoms with van der Waals surface area (Å²) < 4.78 is 5.99. The summed E-state index contributed by atoms with van der Waals surface area (Å²) in [6.07, 6.45) is 0. The largest absolute Gasteiger partial charge is 0.441 e. The maximum atomic E-state index is 12.3. The lowest BCUT2D eigenvalue weighted by Crippen LogP contribution is -2.42. The molecule has 0 aliphatic rings. The molecular weight excluding hydrogens is 350 g/mol. The minimum atomic E-state index is -0.919. The zero-order valence-electron chi connectivity index (χ0n) is 14.5. The van der Waals surface area contributed by atoms with Crippen molar-refractivity contribution in [3.63, 3.8) is 0 Å². The van der Waals surface area contributed by atoms with E-state index in [4.69, 9.17) is 4.74 Å². The molecule has 9 heteroatoms. The van der Waals surface area contributed by atoms with Crippen molar-refractivity contribution in [3.05, 3.63) is 65.0 Å². The van der Waals surface area contributed by atoms with Crippen molar-refractivity contribution in [2.75, 3.05) is 5.32 Å². The molecule has 0 bridgehead atoms. The van der Waals surface area contributed by atoms with Gasteiger partial charge in [0.2, 0.25) is 0 Å². The second kappa shape index (κ2) is 8.09. The number of carbonyl (C=O) groups excluding carboxylic acids is 2. The molecule has 0 radical (unpaired) electrons. The van der Waals surface area contributed by atoms with Crippen LogP contribution in [-0.2, 0) is 16.3 Å². The molecule has 1 heterocycles. The minimum Gasteiger partial charge on any atom is -0.441 e. The first kappa shape index (κ1) is 18.1. The number of nitrogens with zero attached hydrogens (tertiary/aromatic N) is 3. The molecule has 0 unspecified atom stereocenters. The molecule has 138 valence electrons. The van der Waals surface area contributed by atoms with Crippen LogP contribution in [0.25, 0.3) is 10.9 Å². The summed E-state index contributed by atoms with van der Waals surface area (Å²) in [6, 6.07) is 14.1. The van der Waals surface area contributed by atoms with Gasteiger partial charge in [0, 0.05) is 5.69 Å². The van der Waals surface area contributed by atoms with Gasteiger partial charge in [-0.25, -0.2) is 9.59 Å².